The highest BCUT2D eigenvalue weighted by atomic mass is 19.2. The highest BCUT2D eigenvalue weighted by Crippen LogP contribution is 2.21. The molecule has 0 fully saturated rings. The number of nitrogens with one attached hydrogen (secondary N) is 1. The number of halogens is 2. The Morgan fingerprint density at radius 1 is 1.08 bits per heavy atom. The van der Waals surface area contributed by atoms with Gasteiger partial charge in [-0.1, -0.05) is 38.1 Å². The largest absolute Gasteiger partial charge is 0.465 e. The topological polar surface area (TPSA) is 64.6 Å². The molecule has 0 unspecified atom stereocenters. The molecule has 0 heterocycles. The van der Waals surface area contributed by atoms with Gasteiger partial charge in [-0.3, -0.25) is 5.32 Å². The molecular weight excluding hydrogens is 344 g/mol. The van der Waals surface area contributed by atoms with Crippen molar-refractivity contribution in [2.75, 3.05) is 12.4 Å². The number of carbonyl (C=O) groups is 2. The number of benzene rings is 2. The maximum atomic E-state index is 13.4. The van der Waals surface area contributed by atoms with Crippen LogP contribution in [0.15, 0.2) is 36.4 Å². The Morgan fingerprint density at radius 2 is 1.69 bits per heavy atom. The first-order valence-corrected chi connectivity index (χ1v) is 7.91. The van der Waals surface area contributed by atoms with Gasteiger partial charge in [0, 0.05) is 6.07 Å². The molecule has 1 amide bonds. The second kappa shape index (κ2) is 8.42. The molecule has 0 atom stereocenters. The van der Waals surface area contributed by atoms with Crippen LogP contribution in [0, 0.1) is 11.6 Å². The fourth-order valence-corrected chi connectivity index (χ4v) is 2.22. The Morgan fingerprint density at radius 3 is 2.27 bits per heavy atom. The van der Waals surface area contributed by atoms with Crippen molar-refractivity contribution in [3.63, 3.8) is 0 Å². The van der Waals surface area contributed by atoms with Gasteiger partial charge >= 0.3 is 12.1 Å². The fraction of sp³-hybridized carbons (Fsp3) is 0.263. The van der Waals surface area contributed by atoms with Crippen molar-refractivity contribution < 1.29 is 27.8 Å². The molecule has 0 aromatic heterocycles. The molecular formula is C19H19F2NO4. The number of hydrogen-bond acceptors (Lipinski definition) is 4. The van der Waals surface area contributed by atoms with Crippen molar-refractivity contribution in [1.29, 1.82) is 0 Å². The van der Waals surface area contributed by atoms with Gasteiger partial charge in [0.15, 0.2) is 11.6 Å². The highest BCUT2D eigenvalue weighted by Gasteiger charge is 2.18. The molecule has 1 N–H and O–H groups in total. The summed E-state index contributed by atoms with van der Waals surface area (Å²) in [4.78, 5) is 23.6. The average Bonchev–Trinajstić information content (AvgIpc) is 2.62. The lowest BCUT2D eigenvalue weighted by molar-refractivity contribution is 0.0601. The number of carbonyl (C=O) groups excluding carboxylic acids is 2. The SMILES string of the molecule is COC(=O)c1cc(F)c(F)cc1NC(=O)OCc1ccc(C(C)C)cc1. The molecule has 0 saturated heterocycles. The minimum atomic E-state index is -1.23. The number of esters is 1. The molecule has 2 aromatic carbocycles. The summed E-state index contributed by atoms with van der Waals surface area (Å²) in [6.45, 7) is 4.13. The predicted molar refractivity (Wildman–Crippen MR) is 92.0 cm³/mol. The van der Waals surface area contributed by atoms with Gasteiger partial charge in [0.25, 0.3) is 0 Å². The number of rotatable bonds is 5. The summed E-state index contributed by atoms with van der Waals surface area (Å²) in [5.41, 5.74) is 1.37. The molecule has 0 saturated carbocycles. The van der Waals surface area contributed by atoms with Gasteiger partial charge in [-0.2, -0.15) is 0 Å². The molecule has 26 heavy (non-hydrogen) atoms. The van der Waals surface area contributed by atoms with Gasteiger partial charge in [-0.25, -0.2) is 18.4 Å². The van der Waals surface area contributed by atoms with Crippen LogP contribution in [0.2, 0.25) is 0 Å². The summed E-state index contributed by atoms with van der Waals surface area (Å²) in [6, 6.07) is 8.89. The fourth-order valence-electron chi connectivity index (χ4n) is 2.22. The second-order valence-electron chi connectivity index (χ2n) is 5.90. The van der Waals surface area contributed by atoms with Crippen LogP contribution < -0.4 is 5.32 Å². The lowest BCUT2D eigenvalue weighted by Gasteiger charge is -2.11. The van der Waals surface area contributed by atoms with Crippen LogP contribution >= 0.6 is 0 Å². The predicted octanol–water partition coefficient (Wildman–Crippen LogP) is 4.62. The van der Waals surface area contributed by atoms with E-state index in [1.54, 1.807) is 0 Å². The Hall–Kier alpha value is -2.96. The van der Waals surface area contributed by atoms with Crippen LogP contribution in [0.5, 0.6) is 0 Å². The lowest BCUT2D eigenvalue weighted by atomic mass is 10.0. The molecule has 0 radical (unpaired) electrons. The van der Waals surface area contributed by atoms with Gasteiger partial charge in [-0.05, 0) is 23.1 Å². The average molecular weight is 363 g/mol. The molecule has 2 rings (SSSR count). The van der Waals surface area contributed by atoms with E-state index in [1.165, 1.54) is 0 Å². The highest BCUT2D eigenvalue weighted by molar-refractivity contribution is 5.99. The summed E-state index contributed by atoms with van der Waals surface area (Å²) in [6.07, 6.45) is -0.908. The third-order valence-corrected chi connectivity index (χ3v) is 3.72. The summed E-state index contributed by atoms with van der Waals surface area (Å²) in [5, 5.41) is 2.23. The van der Waals surface area contributed by atoms with Crippen molar-refractivity contribution in [2.24, 2.45) is 0 Å². The first kappa shape index (κ1) is 19.4. The third kappa shape index (κ3) is 4.78. The minimum Gasteiger partial charge on any atom is -0.465 e. The van der Waals surface area contributed by atoms with Crippen molar-refractivity contribution in [1.82, 2.24) is 0 Å². The van der Waals surface area contributed by atoms with Crippen LogP contribution in [0.1, 0.15) is 41.3 Å². The van der Waals surface area contributed by atoms with Crippen molar-refractivity contribution in [3.8, 4) is 0 Å². The van der Waals surface area contributed by atoms with E-state index in [-0.39, 0.29) is 17.9 Å². The number of methoxy groups -OCH3 is 1. The van der Waals surface area contributed by atoms with Gasteiger partial charge in [-0.15, -0.1) is 0 Å². The zero-order valence-electron chi connectivity index (χ0n) is 14.6. The van der Waals surface area contributed by atoms with E-state index in [0.717, 1.165) is 18.2 Å². The smallest absolute Gasteiger partial charge is 0.411 e. The molecule has 138 valence electrons. The first-order valence-electron chi connectivity index (χ1n) is 7.91. The van der Waals surface area contributed by atoms with E-state index in [1.807, 2.05) is 24.3 Å². The van der Waals surface area contributed by atoms with Crippen molar-refractivity contribution in [2.45, 2.75) is 26.4 Å². The Balaban J connectivity index is 2.05. The van der Waals surface area contributed by atoms with Crippen LogP contribution in [0.4, 0.5) is 19.3 Å². The third-order valence-electron chi connectivity index (χ3n) is 3.72. The van der Waals surface area contributed by atoms with Crippen molar-refractivity contribution >= 4 is 17.7 Å². The zero-order chi connectivity index (χ0) is 19.3. The Bertz CT molecular complexity index is 804. The summed E-state index contributed by atoms with van der Waals surface area (Å²) < 4.78 is 36.3. The number of ether oxygens (including phenoxy) is 2. The molecule has 0 aliphatic heterocycles. The van der Waals surface area contributed by atoms with Crippen LogP contribution in [0.25, 0.3) is 0 Å². The monoisotopic (exact) mass is 363 g/mol. The molecule has 0 aliphatic rings. The van der Waals surface area contributed by atoms with E-state index in [4.69, 9.17) is 4.74 Å². The van der Waals surface area contributed by atoms with E-state index in [0.29, 0.717) is 18.1 Å². The maximum absolute atomic E-state index is 13.4. The zero-order valence-corrected chi connectivity index (χ0v) is 14.6. The maximum Gasteiger partial charge on any atom is 0.411 e. The molecule has 2 aromatic rings. The number of anilines is 1. The Kier molecular flexibility index (Phi) is 6.27. The molecule has 0 bridgehead atoms. The summed E-state index contributed by atoms with van der Waals surface area (Å²) in [5.74, 6) is -2.96. The van der Waals surface area contributed by atoms with Crippen LogP contribution in [0.3, 0.4) is 0 Å². The Labute approximate surface area is 149 Å². The van der Waals surface area contributed by atoms with Gasteiger partial charge in [0.05, 0.1) is 18.4 Å². The quantitative estimate of drug-likeness (QED) is 0.787. The van der Waals surface area contributed by atoms with E-state index in [2.05, 4.69) is 23.9 Å². The molecule has 5 nitrogen and oxygen atoms in total. The minimum absolute atomic E-state index is 0.0125. The van der Waals surface area contributed by atoms with Crippen LogP contribution in [-0.4, -0.2) is 19.2 Å². The normalized spacial score (nSPS) is 10.5. The van der Waals surface area contributed by atoms with Gasteiger partial charge in [0.2, 0.25) is 0 Å². The first-order chi connectivity index (χ1) is 12.3. The van der Waals surface area contributed by atoms with Crippen LogP contribution in [-0.2, 0) is 16.1 Å². The van der Waals surface area contributed by atoms with Gasteiger partial charge < -0.3 is 9.47 Å². The molecule has 7 heteroatoms. The molecule has 0 spiro atoms. The van der Waals surface area contributed by atoms with E-state index >= 15 is 0 Å². The van der Waals surface area contributed by atoms with Gasteiger partial charge in [0.1, 0.15) is 6.61 Å². The number of amides is 1. The number of hydrogen-bond donors (Lipinski definition) is 1. The van der Waals surface area contributed by atoms with E-state index in [9.17, 15) is 18.4 Å². The van der Waals surface area contributed by atoms with E-state index < -0.39 is 23.7 Å². The summed E-state index contributed by atoms with van der Waals surface area (Å²) in [7, 11) is 1.09. The summed E-state index contributed by atoms with van der Waals surface area (Å²) >= 11 is 0. The van der Waals surface area contributed by atoms with Crippen molar-refractivity contribution in [3.05, 3.63) is 64.7 Å². The second-order valence-corrected chi connectivity index (χ2v) is 5.90. The standard InChI is InChI=1S/C19H19F2NO4/c1-11(2)13-6-4-12(5-7-13)10-26-19(24)22-17-9-16(21)15(20)8-14(17)18(23)25-3/h4-9,11H,10H2,1-3H3,(H,22,24). The molecule has 0 aliphatic carbocycles. The lowest BCUT2D eigenvalue weighted by Crippen LogP contribution is -2.17.